The van der Waals surface area contributed by atoms with Crippen molar-refractivity contribution in [1.82, 2.24) is 10.3 Å². The van der Waals surface area contributed by atoms with Crippen LogP contribution in [-0.4, -0.2) is 41.4 Å². The molecule has 1 amide bonds. The summed E-state index contributed by atoms with van der Waals surface area (Å²) in [7, 11) is 1.28. The van der Waals surface area contributed by atoms with Crippen LogP contribution in [0.15, 0.2) is 24.3 Å². The van der Waals surface area contributed by atoms with Crippen molar-refractivity contribution in [2.24, 2.45) is 0 Å². The number of ether oxygens (including phenoxy) is 2. The number of phenols is 1. The van der Waals surface area contributed by atoms with Gasteiger partial charge < -0.3 is 19.9 Å². The van der Waals surface area contributed by atoms with Crippen LogP contribution < -0.4 is 5.32 Å². The lowest BCUT2D eigenvalue weighted by Gasteiger charge is -2.19. The molecule has 0 aliphatic rings. The molecule has 1 aromatic carbocycles. The molecule has 0 saturated carbocycles. The summed E-state index contributed by atoms with van der Waals surface area (Å²) in [4.78, 5) is 27.7. The molecular formula is C19H24N2O5. The molecule has 0 fully saturated rings. The summed E-state index contributed by atoms with van der Waals surface area (Å²) in [6.07, 6.45) is 0.752. The molecule has 2 rings (SSSR count). The zero-order valence-electron chi connectivity index (χ0n) is 15.5. The van der Waals surface area contributed by atoms with Crippen molar-refractivity contribution in [1.29, 1.82) is 0 Å². The summed E-state index contributed by atoms with van der Waals surface area (Å²) in [5.41, 5.74) is 0.789. The Labute approximate surface area is 152 Å². The molecule has 0 bridgehead atoms. The average Bonchev–Trinajstić information content (AvgIpc) is 2.56. The maximum absolute atomic E-state index is 11.8. The van der Waals surface area contributed by atoms with Crippen LogP contribution in [0.3, 0.4) is 0 Å². The third-order valence-corrected chi connectivity index (χ3v) is 3.59. The predicted octanol–water partition coefficient (Wildman–Crippen LogP) is 3.18. The molecule has 0 unspecified atom stereocenters. The van der Waals surface area contributed by atoms with Crippen LogP contribution in [0.2, 0.25) is 0 Å². The van der Waals surface area contributed by atoms with E-state index in [9.17, 15) is 14.7 Å². The first-order chi connectivity index (χ1) is 12.2. The number of alkyl carbamates (subject to hydrolysis) is 1. The number of aryl methyl sites for hydroxylation is 1. The normalized spacial score (nSPS) is 11.2. The summed E-state index contributed by atoms with van der Waals surface area (Å²) >= 11 is 0. The van der Waals surface area contributed by atoms with E-state index in [1.165, 1.54) is 13.2 Å². The number of amides is 1. The third-order valence-electron chi connectivity index (χ3n) is 3.59. The van der Waals surface area contributed by atoms with Gasteiger partial charge in [-0.15, -0.1) is 0 Å². The SMILES string of the molecule is COC(=O)c1cc(CCCNC(=O)OC(C)(C)C)c2cccc(O)c2n1. The summed E-state index contributed by atoms with van der Waals surface area (Å²) in [6.45, 7) is 5.83. The van der Waals surface area contributed by atoms with Crippen molar-refractivity contribution >= 4 is 23.0 Å². The van der Waals surface area contributed by atoms with Gasteiger partial charge in [-0.2, -0.15) is 0 Å². The first kappa shape index (κ1) is 19.5. The van der Waals surface area contributed by atoms with Crippen LogP contribution in [0.1, 0.15) is 43.2 Å². The molecule has 2 N–H and O–H groups in total. The highest BCUT2D eigenvalue weighted by molar-refractivity contribution is 5.94. The van der Waals surface area contributed by atoms with Crippen LogP contribution in [-0.2, 0) is 15.9 Å². The largest absolute Gasteiger partial charge is 0.506 e. The lowest BCUT2D eigenvalue weighted by Crippen LogP contribution is -2.33. The van der Waals surface area contributed by atoms with Crippen LogP contribution in [0.4, 0.5) is 4.79 Å². The predicted molar refractivity (Wildman–Crippen MR) is 97.3 cm³/mol. The molecule has 0 spiro atoms. The number of fused-ring (bicyclic) bond motifs is 1. The summed E-state index contributed by atoms with van der Waals surface area (Å²) in [5, 5.41) is 13.5. The maximum Gasteiger partial charge on any atom is 0.407 e. The molecule has 7 nitrogen and oxygen atoms in total. The second-order valence-corrected chi connectivity index (χ2v) is 6.86. The fourth-order valence-corrected chi connectivity index (χ4v) is 2.50. The van der Waals surface area contributed by atoms with Crippen LogP contribution >= 0.6 is 0 Å². The Balaban J connectivity index is 2.12. The second kappa shape index (κ2) is 8.03. The van der Waals surface area contributed by atoms with E-state index in [0.29, 0.717) is 24.9 Å². The molecule has 7 heteroatoms. The van der Waals surface area contributed by atoms with Gasteiger partial charge in [0.1, 0.15) is 22.6 Å². The number of rotatable bonds is 5. The van der Waals surface area contributed by atoms with E-state index in [4.69, 9.17) is 9.47 Å². The topological polar surface area (TPSA) is 97.8 Å². The highest BCUT2D eigenvalue weighted by Gasteiger charge is 2.16. The molecule has 0 aliphatic carbocycles. The van der Waals surface area contributed by atoms with Gasteiger partial charge in [0.25, 0.3) is 0 Å². The number of hydrogen-bond donors (Lipinski definition) is 2. The standard InChI is InChI=1S/C19H24N2O5/c1-19(2,3)26-18(24)20-10-6-7-12-11-14(17(23)25-4)21-16-13(12)8-5-9-15(16)22/h5,8-9,11,22H,6-7,10H2,1-4H3,(H,20,24). The molecule has 2 aromatic rings. The zero-order chi connectivity index (χ0) is 19.3. The molecule has 0 aliphatic heterocycles. The first-order valence-electron chi connectivity index (χ1n) is 8.38. The number of aromatic nitrogens is 1. The van der Waals surface area contributed by atoms with Gasteiger partial charge in [-0.25, -0.2) is 14.6 Å². The van der Waals surface area contributed by atoms with E-state index < -0.39 is 17.7 Å². The van der Waals surface area contributed by atoms with Gasteiger partial charge in [0.05, 0.1) is 7.11 Å². The van der Waals surface area contributed by atoms with E-state index in [1.54, 1.807) is 32.9 Å². The Morgan fingerprint density at radius 3 is 2.65 bits per heavy atom. The highest BCUT2D eigenvalue weighted by Crippen LogP contribution is 2.27. The monoisotopic (exact) mass is 360 g/mol. The van der Waals surface area contributed by atoms with Crippen LogP contribution in [0, 0.1) is 0 Å². The number of methoxy groups -OCH3 is 1. The van der Waals surface area contributed by atoms with Crippen molar-refractivity contribution in [3.05, 3.63) is 35.5 Å². The second-order valence-electron chi connectivity index (χ2n) is 6.86. The number of carbonyl (C=O) groups is 2. The molecule has 0 saturated heterocycles. The Morgan fingerprint density at radius 2 is 2.00 bits per heavy atom. The number of nitrogens with zero attached hydrogens (tertiary/aromatic N) is 1. The molecule has 26 heavy (non-hydrogen) atoms. The molecule has 0 atom stereocenters. The van der Waals surface area contributed by atoms with Gasteiger partial charge in [-0.05, 0) is 51.3 Å². The lowest BCUT2D eigenvalue weighted by atomic mass is 10.0. The fraction of sp³-hybridized carbons (Fsp3) is 0.421. The number of carbonyl (C=O) groups excluding carboxylic acids is 2. The smallest absolute Gasteiger partial charge is 0.407 e. The quantitative estimate of drug-likeness (QED) is 0.628. The summed E-state index contributed by atoms with van der Waals surface area (Å²) in [6, 6.07) is 6.73. The minimum absolute atomic E-state index is 0.00128. The molecule has 1 aromatic heterocycles. The number of esters is 1. The Morgan fingerprint density at radius 1 is 1.27 bits per heavy atom. The number of para-hydroxylation sites is 1. The average molecular weight is 360 g/mol. The molecule has 140 valence electrons. The van der Waals surface area contributed by atoms with Crippen molar-refractivity contribution in [2.75, 3.05) is 13.7 Å². The van der Waals surface area contributed by atoms with E-state index in [2.05, 4.69) is 10.3 Å². The van der Waals surface area contributed by atoms with Gasteiger partial charge in [0.2, 0.25) is 0 Å². The first-order valence-corrected chi connectivity index (χ1v) is 8.38. The number of nitrogens with one attached hydrogen (secondary N) is 1. The number of benzene rings is 1. The lowest BCUT2D eigenvalue weighted by molar-refractivity contribution is 0.0526. The van der Waals surface area contributed by atoms with Crippen molar-refractivity contribution < 1.29 is 24.2 Å². The minimum atomic E-state index is -0.566. The van der Waals surface area contributed by atoms with E-state index in [-0.39, 0.29) is 11.4 Å². The van der Waals surface area contributed by atoms with E-state index >= 15 is 0 Å². The maximum atomic E-state index is 11.8. The van der Waals surface area contributed by atoms with Crippen LogP contribution in [0.25, 0.3) is 10.9 Å². The van der Waals surface area contributed by atoms with Gasteiger partial charge in [0, 0.05) is 11.9 Å². The Bertz CT molecular complexity index is 811. The summed E-state index contributed by atoms with van der Waals surface area (Å²) < 4.78 is 9.91. The fourth-order valence-electron chi connectivity index (χ4n) is 2.50. The number of pyridine rings is 1. The van der Waals surface area contributed by atoms with Crippen LogP contribution in [0.5, 0.6) is 5.75 Å². The van der Waals surface area contributed by atoms with E-state index in [0.717, 1.165) is 10.9 Å². The molecular weight excluding hydrogens is 336 g/mol. The van der Waals surface area contributed by atoms with Crippen molar-refractivity contribution in [2.45, 2.75) is 39.2 Å². The number of aromatic hydroxyl groups is 1. The van der Waals surface area contributed by atoms with Gasteiger partial charge in [-0.1, -0.05) is 12.1 Å². The highest BCUT2D eigenvalue weighted by atomic mass is 16.6. The van der Waals surface area contributed by atoms with Crippen molar-refractivity contribution in [3.8, 4) is 5.75 Å². The Hall–Kier alpha value is -2.83. The minimum Gasteiger partial charge on any atom is -0.506 e. The van der Waals surface area contributed by atoms with Gasteiger partial charge >= 0.3 is 12.1 Å². The van der Waals surface area contributed by atoms with Crippen molar-refractivity contribution in [3.63, 3.8) is 0 Å². The molecule has 1 heterocycles. The van der Waals surface area contributed by atoms with E-state index in [1.807, 2.05) is 6.07 Å². The zero-order valence-corrected chi connectivity index (χ0v) is 15.5. The van der Waals surface area contributed by atoms with Gasteiger partial charge in [0.15, 0.2) is 0 Å². The molecule has 0 radical (unpaired) electrons. The summed E-state index contributed by atoms with van der Waals surface area (Å²) in [5.74, 6) is -0.565. The Kier molecular flexibility index (Phi) is 6.02. The third kappa shape index (κ3) is 5.08. The van der Waals surface area contributed by atoms with Gasteiger partial charge in [-0.3, -0.25) is 0 Å². The number of phenolic OH excluding ortho intramolecular Hbond substituents is 1. The number of hydrogen-bond acceptors (Lipinski definition) is 6.